The summed E-state index contributed by atoms with van der Waals surface area (Å²) in [5.41, 5.74) is 7.93. The molecule has 170 valence electrons. The number of para-hydroxylation sites is 1. The monoisotopic (exact) mass is 445 g/mol. The first-order chi connectivity index (χ1) is 16.1. The molecule has 3 aromatic rings. The molecule has 1 aromatic carbocycles. The van der Waals surface area contributed by atoms with Gasteiger partial charge in [-0.2, -0.15) is 0 Å². The van der Waals surface area contributed by atoms with Gasteiger partial charge >= 0.3 is 0 Å². The topological polar surface area (TPSA) is 102 Å². The molecule has 0 spiro atoms. The van der Waals surface area contributed by atoms with Crippen molar-refractivity contribution in [2.45, 2.75) is 25.4 Å². The molecular formula is C25H27N5O3. The van der Waals surface area contributed by atoms with Crippen LogP contribution in [0.5, 0.6) is 0 Å². The molecular weight excluding hydrogens is 418 g/mol. The molecule has 2 fully saturated rings. The number of amides is 2. The van der Waals surface area contributed by atoms with Crippen molar-refractivity contribution in [3.8, 4) is 0 Å². The number of fused-ring (bicyclic) bond motifs is 1. The van der Waals surface area contributed by atoms with Gasteiger partial charge in [-0.25, -0.2) is 9.97 Å². The quantitative estimate of drug-likeness (QED) is 0.663. The Kier molecular flexibility index (Phi) is 5.92. The van der Waals surface area contributed by atoms with Crippen LogP contribution in [0, 0.1) is 0 Å². The number of morpholine rings is 1. The Morgan fingerprint density at radius 2 is 1.85 bits per heavy atom. The van der Waals surface area contributed by atoms with Crippen LogP contribution < -0.4 is 10.6 Å². The zero-order valence-electron chi connectivity index (χ0n) is 18.4. The van der Waals surface area contributed by atoms with E-state index in [-0.39, 0.29) is 5.91 Å². The van der Waals surface area contributed by atoms with E-state index in [4.69, 9.17) is 15.5 Å². The van der Waals surface area contributed by atoms with Gasteiger partial charge in [0, 0.05) is 36.8 Å². The first kappa shape index (κ1) is 21.3. The van der Waals surface area contributed by atoms with Gasteiger partial charge in [-0.15, -0.1) is 0 Å². The van der Waals surface area contributed by atoms with E-state index in [1.165, 1.54) is 6.42 Å². The van der Waals surface area contributed by atoms with Gasteiger partial charge in [0.2, 0.25) is 5.91 Å². The molecule has 0 bridgehead atoms. The van der Waals surface area contributed by atoms with E-state index in [2.05, 4.69) is 9.88 Å². The Morgan fingerprint density at radius 1 is 1.03 bits per heavy atom. The first-order valence-corrected chi connectivity index (χ1v) is 11.4. The summed E-state index contributed by atoms with van der Waals surface area (Å²) in [6.45, 7) is 3.18. The van der Waals surface area contributed by atoms with Crippen LogP contribution in [0.3, 0.4) is 0 Å². The molecule has 5 rings (SSSR count). The predicted molar refractivity (Wildman–Crippen MR) is 125 cm³/mol. The minimum Gasteiger partial charge on any atom is -0.368 e. The molecule has 0 saturated carbocycles. The molecule has 2 N–H and O–H groups in total. The van der Waals surface area contributed by atoms with Crippen molar-refractivity contribution in [1.82, 2.24) is 14.9 Å². The standard InChI is InChI=1S/C25H27N5O3/c26-24(31)19-15-21(28-20-7-3-2-6-18(19)20)22-16-30(12-13-33-22)25(32)17-8-9-27-23(14-17)29-10-4-1-5-11-29/h2-3,6-9,14-15,22H,1,4-5,10-13,16H2,(H2,26,31). The lowest BCUT2D eigenvalue weighted by Crippen LogP contribution is -2.42. The molecule has 8 nitrogen and oxygen atoms in total. The Hall–Kier alpha value is -3.52. The van der Waals surface area contributed by atoms with Gasteiger partial charge in [0.15, 0.2) is 0 Å². The third-order valence-corrected chi connectivity index (χ3v) is 6.36. The molecule has 4 heterocycles. The van der Waals surface area contributed by atoms with Gasteiger partial charge in [0.05, 0.1) is 29.9 Å². The minimum atomic E-state index is -0.513. The number of pyridine rings is 2. The Bertz CT molecular complexity index is 1190. The molecule has 2 aliphatic rings. The van der Waals surface area contributed by atoms with E-state index < -0.39 is 12.0 Å². The summed E-state index contributed by atoms with van der Waals surface area (Å²) >= 11 is 0. The lowest BCUT2D eigenvalue weighted by atomic mass is 10.0. The van der Waals surface area contributed by atoms with Crippen molar-refractivity contribution in [2.75, 3.05) is 37.7 Å². The third kappa shape index (κ3) is 4.39. The summed E-state index contributed by atoms with van der Waals surface area (Å²) in [6, 6.07) is 12.7. The van der Waals surface area contributed by atoms with Crippen LogP contribution in [0.15, 0.2) is 48.7 Å². The van der Waals surface area contributed by atoms with Crippen LogP contribution in [0.25, 0.3) is 10.9 Å². The summed E-state index contributed by atoms with van der Waals surface area (Å²) < 4.78 is 5.95. The number of nitrogens with zero attached hydrogens (tertiary/aromatic N) is 4. The molecule has 2 saturated heterocycles. The summed E-state index contributed by atoms with van der Waals surface area (Å²) in [7, 11) is 0. The number of primary amides is 1. The van der Waals surface area contributed by atoms with Crippen molar-refractivity contribution >= 4 is 28.5 Å². The number of hydrogen-bond donors (Lipinski definition) is 1. The maximum Gasteiger partial charge on any atom is 0.254 e. The number of benzene rings is 1. The van der Waals surface area contributed by atoms with Gasteiger partial charge in [-0.1, -0.05) is 18.2 Å². The number of rotatable bonds is 4. The fourth-order valence-electron chi connectivity index (χ4n) is 4.61. The molecule has 0 radical (unpaired) electrons. The maximum atomic E-state index is 13.3. The highest BCUT2D eigenvalue weighted by molar-refractivity contribution is 6.05. The predicted octanol–water partition coefficient (Wildman–Crippen LogP) is 2.93. The average molecular weight is 446 g/mol. The van der Waals surface area contributed by atoms with Crippen LogP contribution in [0.2, 0.25) is 0 Å². The summed E-state index contributed by atoms with van der Waals surface area (Å²) in [5, 5.41) is 0.708. The number of carbonyl (C=O) groups excluding carboxylic acids is 2. The van der Waals surface area contributed by atoms with Gasteiger partial charge in [0.25, 0.3) is 5.91 Å². The zero-order valence-corrected chi connectivity index (χ0v) is 18.4. The van der Waals surface area contributed by atoms with Gasteiger partial charge < -0.3 is 20.3 Å². The maximum absolute atomic E-state index is 13.3. The second kappa shape index (κ2) is 9.15. The number of aromatic nitrogens is 2. The van der Waals surface area contributed by atoms with Crippen LogP contribution in [-0.2, 0) is 4.74 Å². The van der Waals surface area contributed by atoms with E-state index >= 15 is 0 Å². The van der Waals surface area contributed by atoms with Crippen LogP contribution in [0.4, 0.5) is 5.82 Å². The lowest BCUT2D eigenvalue weighted by Gasteiger charge is -2.33. The van der Waals surface area contributed by atoms with E-state index in [9.17, 15) is 9.59 Å². The van der Waals surface area contributed by atoms with Crippen molar-refractivity contribution in [1.29, 1.82) is 0 Å². The highest BCUT2D eigenvalue weighted by atomic mass is 16.5. The number of nitrogens with two attached hydrogens (primary N) is 1. The molecule has 2 aliphatic heterocycles. The zero-order chi connectivity index (χ0) is 22.8. The molecule has 2 aromatic heterocycles. The number of piperidine rings is 1. The van der Waals surface area contributed by atoms with E-state index in [0.29, 0.717) is 47.4 Å². The normalized spacial score (nSPS) is 19.0. The highest BCUT2D eigenvalue weighted by Crippen LogP contribution is 2.27. The number of ether oxygens (including phenoxy) is 1. The van der Waals surface area contributed by atoms with Crippen molar-refractivity contribution < 1.29 is 14.3 Å². The summed E-state index contributed by atoms with van der Waals surface area (Å²) in [6.07, 6.45) is 4.81. The van der Waals surface area contributed by atoms with Crippen LogP contribution in [-0.4, -0.2) is 59.5 Å². The number of anilines is 1. The van der Waals surface area contributed by atoms with E-state index in [0.717, 1.165) is 31.7 Å². The van der Waals surface area contributed by atoms with Gasteiger partial charge in [-0.05, 0) is 43.5 Å². The van der Waals surface area contributed by atoms with E-state index in [1.807, 2.05) is 30.3 Å². The minimum absolute atomic E-state index is 0.0557. The highest BCUT2D eigenvalue weighted by Gasteiger charge is 2.28. The SMILES string of the molecule is NC(=O)c1cc(C2CN(C(=O)c3ccnc(N4CCCCC4)c3)CCO2)nc2ccccc12. The van der Waals surface area contributed by atoms with Crippen molar-refractivity contribution in [3.05, 3.63) is 65.5 Å². The largest absolute Gasteiger partial charge is 0.368 e. The Balaban J connectivity index is 1.38. The van der Waals surface area contributed by atoms with Crippen molar-refractivity contribution in [2.24, 2.45) is 5.73 Å². The molecule has 1 unspecified atom stereocenters. The van der Waals surface area contributed by atoms with Gasteiger partial charge in [-0.3, -0.25) is 9.59 Å². The first-order valence-electron chi connectivity index (χ1n) is 11.4. The second-order valence-electron chi connectivity index (χ2n) is 8.54. The number of carbonyl (C=O) groups is 2. The molecule has 33 heavy (non-hydrogen) atoms. The summed E-state index contributed by atoms with van der Waals surface area (Å²) in [4.78, 5) is 38.6. The molecule has 0 aliphatic carbocycles. The Labute approximate surface area is 192 Å². The van der Waals surface area contributed by atoms with Crippen LogP contribution >= 0.6 is 0 Å². The number of hydrogen-bond acceptors (Lipinski definition) is 6. The van der Waals surface area contributed by atoms with Crippen molar-refractivity contribution in [3.63, 3.8) is 0 Å². The fraction of sp³-hybridized carbons (Fsp3) is 0.360. The molecule has 8 heteroatoms. The molecule has 2 amide bonds. The smallest absolute Gasteiger partial charge is 0.254 e. The summed E-state index contributed by atoms with van der Waals surface area (Å²) in [5.74, 6) is 0.285. The van der Waals surface area contributed by atoms with E-state index in [1.54, 1.807) is 23.2 Å². The molecule has 1 atom stereocenters. The van der Waals surface area contributed by atoms with Gasteiger partial charge in [0.1, 0.15) is 11.9 Å². The second-order valence-corrected chi connectivity index (χ2v) is 8.54. The lowest BCUT2D eigenvalue weighted by molar-refractivity contribution is -0.0246. The third-order valence-electron chi connectivity index (χ3n) is 6.36. The van der Waals surface area contributed by atoms with Crippen LogP contribution in [0.1, 0.15) is 51.8 Å². The fourth-order valence-corrected chi connectivity index (χ4v) is 4.61. The Morgan fingerprint density at radius 3 is 2.67 bits per heavy atom. The average Bonchev–Trinajstić information content (AvgIpc) is 2.88.